The van der Waals surface area contributed by atoms with Crippen LogP contribution in [0.2, 0.25) is 0 Å². The smallest absolute Gasteiger partial charge is 0.260 e. The summed E-state index contributed by atoms with van der Waals surface area (Å²) in [5, 5.41) is 0. The molecule has 22 heavy (non-hydrogen) atoms. The Labute approximate surface area is 134 Å². The summed E-state index contributed by atoms with van der Waals surface area (Å²) < 4.78 is 18.0. The molecule has 0 unspecified atom stereocenters. The first-order chi connectivity index (χ1) is 10.1. The Bertz CT molecular complexity index is 505. The zero-order valence-electron chi connectivity index (χ0n) is 12.0. The lowest BCUT2D eigenvalue weighted by Crippen LogP contribution is -2.52. The van der Waals surface area contributed by atoms with Crippen LogP contribution < -0.4 is 10.5 Å². The number of carbonyl (C=O) groups excluding carboxylic acids is 2. The quantitative estimate of drug-likeness (QED) is 0.858. The van der Waals surface area contributed by atoms with Gasteiger partial charge in [0.05, 0.1) is 6.54 Å². The Balaban J connectivity index is 0.00000242. The molecule has 0 bridgehead atoms. The van der Waals surface area contributed by atoms with Crippen molar-refractivity contribution in [3.63, 3.8) is 0 Å². The number of rotatable bonds is 4. The highest BCUT2D eigenvalue weighted by atomic mass is 35.5. The van der Waals surface area contributed by atoms with Gasteiger partial charge in [0.15, 0.2) is 6.61 Å². The number of halogens is 2. The number of hydrogen-bond donors (Lipinski definition) is 1. The Kier molecular flexibility index (Phi) is 7.07. The monoisotopic (exact) mass is 331 g/mol. The van der Waals surface area contributed by atoms with Crippen molar-refractivity contribution in [3.8, 4) is 5.75 Å². The number of ether oxygens (including phenoxy) is 1. The van der Waals surface area contributed by atoms with E-state index in [-0.39, 0.29) is 43.2 Å². The largest absolute Gasteiger partial charge is 0.484 e. The highest BCUT2D eigenvalue weighted by molar-refractivity contribution is 5.85. The molecule has 8 heteroatoms. The molecule has 1 heterocycles. The summed E-state index contributed by atoms with van der Waals surface area (Å²) in [6, 6.07) is 5.49. The van der Waals surface area contributed by atoms with E-state index in [1.54, 1.807) is 9.80 Å². The normalized spacial score (nSPS) is 14.3. The van der Waals surface area contributed by atoms with Gasteiger partial charge in [0.2, 0.25) is 5.91 Å². The second-order valence-electron chi connectivity index (χ2n) is 4.71. The molecule has 1 aromatic rings. The van der Waals surface area contributed by atoms with Gasteiger partial charge in [0, 0.05) is 26.2 Å². The molecule has 2 rings (SSSR count). The molecule has 0 aromatic heterocycles. The van der Waals surface area contributed by atoms with E-state index < -0.39 is 0 Å². The summed E-state index contributed by atoms with van der Waals surface area (Å²) in [6.07, 6.45) is 0. The van der Waals surface area contributed by atoms with E-state index in [9.17, 15) is 14.0 Å². The van der Waals surface area contributed by atoms with Crippen LogP contribution in [0.3, 0.4) is 0 Å². The molecule has 1 aliphatic heterocycles. The topological polar surface area (TPSA) is 75.9 Å². The third-order valence-electron chi connectivity index (χ3n) is 3.34. The highest BCUT2D eigenvalue weighted by Crippen LogP contribution is 2.11. The summed E-state index contributed by atoms with van der Waals surface area (Å²) in [5.74, 6) is -0.167. The predicted molar refractivity (Wildman–Crippen MR) is 81.4 cm³/mol. The van der Waals surface area contributed by atoms with Crippen LogP contribution in [0, 0.1) is 5.82 Å². The lowest BCUT2D eigenvalue weighted by molar-refractivity contribution is -0.140. The molecule has 0 radical (unpaired) electrons. The highest BCUT2D eigenvalue weighted by Gasteiger charge is 2.23. The molecule has 1 aliphatic rings. The van der Waals surface area contributed by atoms with Crippen LogP contribution in [0.4, 0.5) is 4.39 Å². The summed E-state index contributed by atoms with van der Waals surface area (Å²) in [7, 11) is 0. The van der Waals surface area contributed by atoms with Gasteiger partial charge in [-0.3, -0.25) is 9.59 Å². The number of nitrogens with two attached hydrogens (primary N) is 1. The number of amides is 2. The number of nitrogens with zero attached hydrogens (tertiary/aromatic N) is 2. The Hall–Kier alpha value is -1.86. The Morgan fingerprint density at radius 3 is 2.05 bits per heavy atom. The van der Waals surface area contributed by atoms with Crippen molar-refractivity contribution in [2.24, 2.45) is 5.73 Å². The van der Waals surface area contributed by atoms with Gasteiger partial charge >= 0.3 is 0 Å². The molecule has 0 saturated carbocycles. The van der Waals surface area contributed by atoms with Gasteiger partial charge in [-0.2, -0.15) is 0 Å². The van der Waals surface area contributed by atoms with Crippen LogP contribution in [-0.2, 0) is 9.59 Å². The van der Waals surface area contributed by atoms with Crippen LogP contribution in [0.15, 0.2) is 24.3 Å². The number of benzene rings is 1. The molecule has 1 saturated heterocycles. The summed E-state index contributed by atoms with van der Waals surface area (Å²) in [6.45, 7) is 1.80. The minimum Gasteiger partial charge on any atom is -0.484 e. The molecule has 0 spiro atoms. The maximum Gasteiger partial charge on any atom is 0.260 e. The number of carbonyl (C=O) groups is 2. The molecule has 2 amide bonds. The zero-order valence-corrected chi connectivity index (χ0v) is 12.9. The fourth-order valence-corrected chi connectivity index (χ4v) is 2.10. The van der Waals surface area contributed by atoms with Gasteiger partial charge in [-0.05, 0) is 24.3 Å². The third-order valence-corrected chi connectivity index (χ3v) is 3.34. The average Bonchev–Trinajstić information content (AvgIpc) is 2.53. The minimum atomic E-state index is -0.352. The molecule has 1 aromatic carbocycles. The van der Waals surface area contributed by atoms with Crippen molar-refractivity contribution >= 4 is 24.2 Å². The van der Waals surface area contributed by atoms with Gasteiger partial charge in [-0.15, -0.1) is 12.4 Å². The molecule has 0 atom stereocenters. The van der Waals surface area contributed by atoms with Gasteiger partial charge in [-0.1, -0.05) is 0 Å². The molecule has 1 fully saturated rings. The lowest BCUT2D eigenvalue weighted by Gasteiger charge is -2.34. The summed E-state index contributed by atoms with van der Waals surface area (Å²) in [4.78, 5) is 26.7. The minimum absolute atomic E-state index is 0. The van der Waals surface area contributed by atoms with Crippen LogP contribution in [0.25, 0.3) is 0 Å². The SMILES string of the molecule is Cl.NCC(=O)N1CCN(C(=O)COc2ccc(F)cc2)CC1. The van der Waals surface area contributed by atoms with Crippen molar-refractivity contribution < 1.29 is 18.7 Å². The lowest BCUT2D eigenvalue weighted by atomic mass is 10.3. The van der Waals surface area contributed by atoms with Crippen LogP contribution >= 0.6 is 12.4 Å². The van der Waals surface area contributed by atoms with Crippen LogP contribution in [0.1, 0.15) is 0 Å². The first kappa shape index (κ1) is 18.2. The van der Waals surface area contributed by atoms with Crippen molar-refractivity contribution in [2.75, 3.05) is 39.3 Å². The van der Waals surface area contributed by atoms with E-state index in [1.165, 1.54) is 24.3 Å². The van der Waals surface area contributed by atoms with Crippen molar-refractivity contribution in [1.82, 2.24) is 9.80 Å². The average molecular weight is 332 g/mol. The van der Waals surface area contributed by atoms with Crippen molar-refractivity contribution in [1.29, 1.82) is 0 Å². The second kappa shape index (κ2) is 8.55. The van der Waals surface area contributed by atoms with E-state index in [2.05, 4.69) is 0 Å². The number of hydrogen-bond acceptors (Lipinski definition) is 4. The Morgan fingerprint density at radius 1 is 1.05 bits per heavy atom. The summed E-state index contributed by atoms with van der Waals surface area (Å²) >= 11 is 0. The first-order valence-electron chi connectivity index (χ1n) is 6.74. The van der Waals surface area contributed by atoms with E-state index in [1.807, 2.05) is 0 Å². The molecule has 6 nitrogen and oxygen atoms in total. The maximum absolute atomic E-state index is 12.7. The number of piperazine rings is 1. The Morgan fingerprint density at radius 2 is 1.55 bits per heavy atom. The predicted octanol–water partition coefficient (Wildman–Crippen LogP) is 0.256. The van der Waals surface area contributed by atoms with E-state index >= 15 is 0 Å². The molecular weight excluding hydrogens is 313 g/mol. The van der Waals surface area contributed by atoms with E-state index in [0.29, 0.717) is 31.9 Å². The van der Waals surface area contributed by atoms with Gasteiger partial charge in [0.25, 0.3) is 5.91 Å². The standard InChI is InChI=1S/C14H18FN3O3.ClH/c15-11-1-3-12(4-2-11)21-10-14(20)18-7-5-17(6-8-18)13(19)9-16;/h1-4H,5-10,16H2;1H. The molecule has 122 valence electrons. The van der Waals surface area contributed by atoms with Crippen molar-refractivity contribution in [3.05, 3.63) is 30.1 Å². The molecular formula is C14H19ClFN3O3. The van der Waals surface area contributed by atoms with Crippen LogP contribution in [-0.4, -0.2) is 60.9 Å². The van der Waals surface area contributed by atoms with Gasteiger partial charge in [0.1, 0.15) is 11.6 Å². The second-order valence-corrected chi connectivity index (χ2v) is 4.71. The third kappa shape index (κ3) is 4.85. The van der Waals surface area contributed by atoms with Gasteiger partial charge in [-0.25, -0.2) is 4.39 Å². The van der Waals surface area contributed by atoms with Crippen LogP contribution in [0.5, 0.6) is 5.75 Å². The van der Waals surface area contributed by atoms with Gasteiger partial charge < -0.3 is 20.3 Å². The first-order valence-corrected chi connectivity index (χ1v) is 6.74. The van der Waals surface area contributed by atoms with Crippen molar-refractivity contribution in [2.45, 2.75) is 0 Å². The zero-order chi connectivity index (χ0) is 15.2. The van der Waals surface area contributed by atoms with E-state index in [0.717, 1.165) is 0 Å². The summed E-state index contributed by atoms with van der Waals surface area (Å²) in [5.41, 5.74) is 5.30. The van der Waals surface area contributed by atoms with E-state index in [4.69, 9.17) is 10.5 Å². The maximum atomic E-state index is 12.7. The fraction of sp³-hybridized carbons (Fsp3) is 0.429. The molecule has 0 aliphatic carbocycles. The molecule has 2 N–H and O–H groups in total. The fourth-order valence-electron chi connectivity index (χ4n) is 2.10.